The van der Waals surface area contributed by atoms with Crippen LogP contribution in [0.5, 0.6) is 0 Å². The van der Waals surface area contributed by atoms with Crippen LogP contribution in [-0.2, 0) is 0 Å². The number of nitro groups is 1. The van der Waals surface area contributed by atoms with Gasteiger partial charge in [0.1, 0.15) is 0 Å². The Bertz CT molecular complexity index is 521. The first-order valence-corrected chi connectivity index (χ1v) is 6.73. The Labute approximate surface area is 126 Å². The lowest BCUT2D eigenvalue weighted by molar-refractivity contribution is -0.384. The van der Waals surface area contributed by atoms with Crippen molar-refractivity contribution in [2.24, 2.45) is 0 Å². The molecule has 0 saturated carbocycles. The van der Waals surface area contributed by atoms with E-state index >= 15 is 0 Å². The van der Waals surface area contributed by atoms with Crippen LogP contribution in [0.3, 0.4) is 0 Å². The number of nitrogens with one attached hydrogen (secondary N) is 2. The summed E-state index contributed by atoms with van der Waals surface area (Å²) in [5.41, 5.74) is -0.278. The third kappa shape index (κ3) is 4.63. The molecule has 0 atom stereocenters. The SMILES string of the molecule is CC(C)NCCNC(=O)c1cc([N+](=O)[O-])cc(Cl)c1Cl. The van der Waals surface area contributed by atoms with Crippen LogP contribution in [-0.4, -0.2) is 30.0 Å². The molecule has 0 aliphatic rings. The molecular weight excluding hydrogens is 305 g/mol. The molecule has 1 aromatic carbocycles. The molecule has 0 aliphatic carbocycles. The molecule has 1 aromatic rings. The predicted octanol–water partition coefficient (Wildman–Crippen LogP) is 2.63. The standard InChI is InChI=1S/C12H15Cl2N3O3/c1-7(2)15-3-4-16-12(18)9-5-8(17(19)20)6-10(13)11(9)14/h5-7,15H,3-4H2,1-2H3,(H,16,18). The largest absolute Gasteiger partial charge is 0.351 e. The fraction of sp³-hybridized carbons (Fsp3) is 0.417. The van der Waals surface area contributed by atoms with Crippen molar-refractivity contribution >= 4 is 34.8 Å². The lowest BCUT2D eigenvalue weighted by Gasteiger charge is -2.10. The highest BCUT2D eigenvalue weighted by Gasteiger charge is 2.19. The van der Waals surface area contributed by atoms with Crippen LogP contribution in [0.2, 0.25) is 10.0 Å². The average molecular weight is 320 g/mol. The number of benzene rings is 1. The van der Waals surface area contributed by atoms with Gasteiger partial charge in [-0.25, -0.2) is 0 Å². The molecule has 8 heteroatoms. The number of non-ortho nitro benzene ring substituents is 1. The second-order valence-electron chi connectivity index (χ2n) is 4.41. The molecule has 0 saturated heterocycles. The number of nitro benzene ring substituents is 1. The van der Waals surface area contributed by atoms with Crippen LogP contribution in [0.25, 0.3) is 0 Å². The summed E-state index contributed by atoms with van der Waals surface area (Å²) < 4.78 is 0. The van der Waals surface area contributed by atoms with Gasteiger partial charge in [-0.1, -0.05) is 37.0 Å². The summed E-state index contributed by atoms with van der Waals surface area (Å²) >= 11 is 11.7. The molecule has 1 amide bonds. The minimum Gasteiger partial charge on any atom is -0.351 e. The van der Waals surface area contributed by atoms with Crippen LogP contribution in [0.1, 0.15) is 24.2 Å². The first-order chi connectivity index (χ1) is 9.32. The highest BCUT2D eigenvalue weighted by molar-refractivity contribution is 6.44. The summed E-state index contributed by atoms with van der Waals surface area (Å²) in [7, 11) is 0. The molecule has 110 valence electrons. The molecular formula is C12H15Cl2N3O3. The molecule has 2 N–H and O–H groups in total. The minimum atomic E-state index is -0.626. The van der Waals surface area contributed by atoms with E-state index in [1.807, 2.05) is 13.8 Å². The zero-order chi connectivity index (χ0) is 15.3. The number of amides is 1. The zero-order valence-corrected chi connectivity index (χ0v) is 12.6. The molecule has 0 unspecified atom stereocenters. The van der Waals surface area contributed by atoms with E-state index in [1.165, 1.54) is 0 Å². The van der Waals surface area contributed by atoms with Crippen molar-refractivity contribution < 1.29 is 9.72 Å². The monoisotopic (exact) mass is 319 g/mol. The maximum absolute atomic E-state index is 11.9. The van der Waals surface area contributed by atoms with E-state index in [0.29, 0.717) is 19.1 Å². The van der Waals surface area contributed by atoms with Gasteiger partial charge < -0.3 is 10.6 Å². The number of carbonyl (C=O) groups is 1. The molecule has 6 nitrogen and oxygen atoms in total. The quantitative estimate of drug-likeness (QED) is 0.479. The van der Waals surface area contributed by atoms with Crippen LogP contribution in [0.4, 0.5) is 5.69 Å². The van der Waals surface area contributed by atoms with Crippen molar-refractivity contribution in [2.45, 2.75) is 19.9 Å². The topological polar surface area (TPSA) is 84.3 Å². The van der Waals surface area contributed by atoms with E-state index < -0.39 is 10.8 Å². The maximum atomic E-state index is 11.9. The Balaban J connectivity index is 2.79. The van der Waals surface area contributed by atoms with Gasteiger partial charge >= 0.3 is 0 Å². The molecule has 0 heterocycles. The Hall–Kier alpha value is -1.37. The lowest BCUT2D eigenvalue weighted by atomic mass is 10.2. The average Bonchev–Trinajstić information content (AvgIpc) is 2.36. The van der Waals surface area contributed by atoms with Crippen molar-refractivity contribution in [1.82, 2.24) is 10.6 Å². The summed E-state index contributed by atoms with van der Waals surface area (Å²) in [5.74, 6) is -0.494. The summed E-state index contributed by atoms with van der Waals surface area (Å²) in [4.78, 5) is 22.0. The van der Waals surface area contributed by atoms with Gasteiger partial charge in [0.2, 0.25) is 0 Å². The fourth-order valence-corrected chi connectivity index (χ4v) is 1.89. The van der Waals surface area contributed by atoms with E-state index in [0.717, 1.165) is 12.1 Å². The number of halogens is 2. The number of rotatable bonds is 6. The van der Waals surface area contributed by atoms with Gasteiger partial charge in [0, 0.05) is 31.3 Å². The number of nitrogens with zero attached hydrogens (tertiary/aromatic N) is 1. The zero-order valence-electron chi connectivity index (χ0n) is 11.1. The first kappa shape index (κ1) is 16.7. The fourth-order valence-electron chi connectivity index (χ4n) is 1.48. The van der Waals surface area contributed by atoms with Crippen molar-refractivity contribution in [1.29, 1.82) is 0 Å². The van der Waals surface area contributed by atoms with Gasteiger partial charge in [-0.15, -0.1) is 0 Å². The van der Waals surface area contributed by atoms with Crippen molar-refractivity contribution in [3.63, 3.8) is 0 Å². The lowest BCUT2D eigenvalue weighted by Crippen LogP contribution is -2.34. The highest BCUT2D eigenvalue weighted by Crippen LogP contribution is 2.30. The molecule has 0 radical (unpaired) electrons. The van der Waals surface area contributed by atoms with Crippen LogP contribution >= 0.6 is 23.2 Å². The third-order valence-electron chi connectivity index (χ3n) is 2.43. The van der Waals surface area contributed by atoms with E-state index in [1.54, 1.807) is 0 Å². The summed E-state index contributed by atoms with van der Waals surface area (Å²) in [6.07, 6.45) is 0. The summed E-state index contributed by atoms with van der Waals surface area (Å²) in [6, 6.07) is 2.53. The molecule has 1 rings (SSSR count). The van der Waals surface area contributed by atoms with Gasteiger partial charge in [-0.05, 0) is 0 Å². The van der Waals surface area contributed by atoms with Gasteiger partial charge in [-0.3, -0.25) is 14.9 Å². The van der Waals surface area contributed by atoms with Crippen molar-refractivity contribution in [3.8, 4) is 0 Å². The Morgan fingerprint density at radius 1 is 1.35 bits per heavy atom. The van der Waals surface area contributed by atoms with Crippen molar-refractivity contribution in [2.75, 3.05) is 13.1 Å². The smallest absolute Gasteiger partial charge is 0.271 e. The summed E-state index contributed by atoms with van der Waals surface area (Å²) in [5, 5.41) is 16.5. The maximum Gasteiger partial charge on any atom is 0.271 e. The molecule has 0 aliphatic heterocycles. The van der Waals surface area contributed by atoms with E-state index in [4.69, 9.17) is 23.2 Å². The van der Waals surface area contributed by atoms with Crippen molar-refractivity contribution in [3.05, 3.63) is 37.9 Å². The first-order valence-electron chi connectivity index (χ1n) is 5.98. The molecule has 0 spiro atoms. The third-order valence-corrected chi connectivity index (χ3v) is 3.23. The van der Waals surface area contributed by atoms with Gasteiger partial charge in [0.15, 0.2) is 0 Å². The molecule has 0 bridgehead atoms. The highest BCUT2D eigenvalue weighted by atomic mass is 35.5. The van der Waals surface area contributed by atoms with E-state index in [-0.39, 0.29) is 21.3 Å². The van der Waals surface area contributed by atoms with Gasteiger partial charge in [0.25, 0.3) is 11.6 Å². The Morgan fingerprint density at radius 3 is 2.55 bits per heavy atom. The van der Waals surface area contributed by atoms with Crippen LogP contribution < -0.4 is 10.6 Å². The normalized spacial score (nSPS) is 10.7. The predicted molar refractivity (Wildman–Crippen MR) is 78.6 cm³/mol. The van der Waals surface area contributed by atoms with Crippen LogP contribution in [0, 0.1) is 10.1 Å². The van der Waals surface area contributed by atoms with Gasteiger partial charge in [0.05, 0.1) is 20.5 Å². The summed E-state index contributed by atoms with van der Waals surface area (Å²) in [6.45, 7) is 4.94. The minimum absolute atomic E-state index is 0.00425. The van der Waals surface area contributed by atoms with E-state index in [2.05, 4.69) is 10.6 Å². The van der Waals surface area contributed by atoms with Crippen LogP contribution in [0.15, 0.2) is 12.1 Å². The number of hydrogen-bond acceptors (Lipinski definition) is 4. The molecule has 20 heavy (non-hydrogen) atoms. The number of hydrogen-bond donors (Lipinski definition) is 2. The van der Waals surface area contributed by atoms with E-state index in [9.17, 15) is 14.9 Å². The Kier molecular flexibility index (Phi) is 6.19. The van der Waals surface area contributed by atoms with Gasteiger partial charge in [-0.2, -0.15) is 0 Å². The second-order valence-corrected chi connectivity index (χ2v) is 5.20. The second kappa shape index (κ2) is 7.42. The number of carbonyl (C=O) groups excluding carboxylic acids is 1. The Morgan fingerprint density at radius 2 is 2.00 bits per heavy atom. The molecule has 0 fully saturated rings. The molecule has 0 aromatic heterocycles.